The Kier molecular flexibility index (Phi) is 4.74. The quantitative estimate of drug-likeness (QED) is 0.728. The molecule has 0 spiro atoms. The van der Waals surface area contributed by atoms with Crippen molar-refractivity contribution in [2.75, 3.05) is 17.2 Å². The number of rotatable bonds is 5. The van der Waals surface area contributed by atoms with Crippen molar-refractivity contribution in [2.45, 2.75) is 25.4 Å². The fraction of sp³-hybridized carbons (Fsp3) is 0.250. The molecule has 1 aromatic heterocycles. The first-order chi connectivity index (χ1) is 13.2. The van der Waals surface area contributed by atoms with E-state index in [1.54, 1.807) is 12.1 Å². The Balaban J connectivity index is 1.47. The molecule has 1 amide bonds. The number of nitrogens with one attached hydrogen (secondary N) is 2. The van der Waals surface area contributed by atoms with E-state index in [1.807, 2.05) is 41.1 Å². The number of amides is 1. The molecule has 0 saturated heterocycles. The highest BCUT2D eigenvalue weighted by Crippen LogP contribution is 2.31. The van der Waals surface area contributed by atoms with Crippen LogP contribution in [0.15, 0.2) is 60.7 Å². The van der Waals surface area contributed by atoms with Gasteiger partial charge in [-0.15, -0.1) is 5.10 Å². The van der Waals surface area contributed by atoms with Gasteiger partial charge in [0.05, 0.1) is 6.04 Å². The van der Waals surface area contributed by atoms with Crippen molar-refractivity contribution >= 4 is 17.8 Å². The van der Waals surface area contributed by atoms with E-state index in [-0.39, 0.29) is 30.5 Å². The predicted octanol–water partition coefficient (Wildman–Crippen LogP) is 3.09. The molecule has 1 aliphatic heterocycles. The van der Waals surface area contributed by atoms with Crippen molar-refractivity contribution in [1.29, 1.82) is 0 Å². The first-order valence-corrected chi connectivity index (χ1v) is 8.95. The lowest BCUT2D eigenvalue weighted by atomic mass is 9.99. The summed E-state index contributed by atoms with van der Waals surface area (Å²) in [7, 11) is 0. The van der Waals surface area contributed by atoms with Crippen LogP contribution in [0.1, 0.15) is 24.9 Å². The molecule has 2 aromatic carbocycles. The highest BCUT2D eigenvalue weighted by atomic mass is 16.5. The van der Waals surface area contributed by atoms with Gasteiger partial charge in [-0.1, -0.05) is 48.5 Å². The molecule has 0 radical (unpaired) electrons. The van der Waals surface area contributed by atoms with Gasteiger partial charge in [0, 0.05) is 6.04 Å². The fourth-order valence-electron chi connectivity index (χ4n) is 3.18. The van der Waals surface area contributed by atoms with Gasteiger partial charge in [-0.05, 0) is 31.0 Å². The number of carbonyl (C=O) groups is 1. The Morgan fingerprint density at radius 3 is 2.63 bits per heavy atom. The van der Waals surface area contributed by atoms with E-state index in [4.69, 9.17) is 4.74 Å². The molecule has 2 heterocycles. The molecule has 2 N–H and O–H groups in total. The molecular formula is C20H21N5O2. The summed E-state index contributed by atoms with van der Waals surface area (Å²) in [6.07, 6.45) is 0.894. The van der Waals surface area contributed by atoms with Crippen molar-refractivity contribution in [2.24, 2.45) is 0 Å². The predicted molar refractivity (Wildman–Crippen MR) is 103 cm³/mol. The lowest BCUT2D eigenvalue weighted by Gasteiger charge is -2.29. The molecule has 7 nitrogen and oxygen atoms in total. The summed E-state index contributed by atoms with van der Waals surface area (Å²) < 4.78 is 7.30. The Hall–Kier alpha value is -3.35. The maximum absolute atomic E-state index is 12.2. The molecule has 7 heteroatoms. The number of nitrogens with zero attached hydrogens (tertiary/aromatic N) is 3. The molecule has 4 rings (SSSR count). The van der Waals surface area contributed by atoms with Gasteiger partial charge in [0.1, 0.15) is 5.75 Å². The Morgan fingerprint density at radius 2 is 1.89 bits per heavy atom. The summed E-state index contributed by atoms with van der Waals surface area (Å²) in [6, 6.07) is 19.7. The lowest BCUT2D eigenvalue weighted by Crippen LogP contribution is -2.31. The van der Waals surface area contributed by atoms with Crippen LogP contribution in [-0.4, -0.2) is 33.3 Å². The van der Waals surface area contributed by atoms with Crippen LogP contribution >= 0.6 is 0 Å². The van der Waals surface area contributed by atoms with Gasteiger partial charge in [0.25, 0.3) is 11.9 Å². The molecular weight excluding hydrogens is 342 g/mol. The standard InChI is InChI=1S/C20H21N5O2/c1-14-12-17(15-8-4-2-5-9-15)25-20(21-14)23-19(24-25)22-18(26)13-27-16-10-6-3-7-11-16/h2-11,14,17H,12-13H2,1H3,(H2,21,22,23,24,26). The molecule has 0 fully saturated rings. The molecule has 1 aliphatic rings. The highest BCUT2D eigenvalue weighted by Gasteiger charge is 2.28. The number of ether oxygens (including phenoxy) is 1. The first kappa shape index (κ1) is 17.1. The average molecular weight is 363 g/mol. The Labute approximate surface area is 157 Å². The number of aromatic nitrogens is 3. The van der Waals surface area contributed by atoms with Crippen molar-refractivity contribution < 1.29 is 9.53 Å². The van der Waals surface area contributed by atoms with Gasteiger partial charge in [-0.2, -0.15) is 4.98 Å². The highest BCUT2D eigenvalue weighted by molar-refractivity contribution is 5.90. The van der Waals surface area contributed by atoms with Crippen LogP contribution in [0.4, 0.5) is 11.9 Å². The number of benzene rings is 2. The lowest BCUT2D eigenvalue weighted by molar-refractivity contribution is -0.118. The number of para-hydroxylation sites is 1. The second-order valence-electron chi connectivity index (χ2n) is 6.56. The Bertz CT molecular complexity index is 911. The zero-order valence-electron chi connectivity index (χ0n) is 15.0. The van der Waals surface area contributed by atoms with E-state index < -0.39 is 0 Å². The normalized spacial score (nSPS) is 18.3. The summed E-state index contributed by atoms with van der Waals surface area (Å²) in [4.78, 5) is 16.6. The van der Waals surface area contributed by atoms with Crippen LogP contribution in [0, 0.1) is 0 Å². The van der Waals surface area contributed by atoms with Crippen LogP contribution in [0.5, 0.6) is 5.75 Å². The number of fused-ring (bicyclic) bond motifs is 1. The molecule has 2 atom stereocenters. The van der Waals surface area contributed by atoms with Crippen molar-refractivity contribution in [3.8, 4) is 5.75 Å². The van der Waals surface area contributed by atoms with Crippen LogP contribution in [0.2, 0.25) is 0 Å². The third kappa shape index (κ3) is 3.92. The Morgan fingerprint density at radius 1 is 1.19 bits per heavy atom. The summed E-state index contributed by atoms with van der Waals surface area (Å²) >= 11 is 0. The smallest absolute Gasteiger partial charge is 0.264 e. The third-order valence-electron chi connectivity index (χ3n) is 4.43. The molecule has 0 aliphatic carbocycles. The van der Waals surface area contributed by atoms with Gasteiger partial charge in [-0.3, -0.25) is 10.1 Å². The number of anilines is 2. The maximum atomic E-state index is 12.2. The SMILES string of the molecule is CC1CC(c2ccccc2)n2nc(NC(=O)COc3ccccc3)nc2N1. The topological polar surface area (TPSA) is 81.1 Å². The van der Waals surface area contributed by atoms with Gasteiger partial charge >= 0.3 is 0 Å². The van der Waals surface area contributed by atoms with Crippen LogP contribution < -0.4 is 15.4 Å². The molecule has 27 heavy (non-hydrogen) atoms. The minimum atomic E-state index is -0.300. The van der Waals surface area contributed by atoms with Crippen LogP contribution in [0.3, 0.4) is 0 Å². The third-order valence-corrected chi connectivity index (χ3v) is 4.43. The van der Waals surface area contributed by atoms with Crippen molar-refractivity contribution in [3.63, 3.8) is 0 Å². The van der Waals surface area contributed by atoms with E-state index in [0.29, 0.717) is 11.7 Å². The van der Waals surface area contributed by atoms with Gasteiger partial charge in [0.2, 0.25) is 5.95 Å². The van der Waals surface area contributed by atoms with E-state index >= 15 is 0 Å². The van der Waals surface area contributed by atoms with Crippen molar-refractivity contribution in [3.05, 3.63) is 66.2 Å². The average Bonchev–Trinajstić information content (AvgIpc) is 3.09. The minimum Gasteiger partial charge on any atom is -0.484 e. The second kappa shape index (κ2) is 7.49. The molecule has 0 saturated carbocycles. The fourth-order valence-corrected chi connectivity index (χ4v) is 3.18. The van der Waals surface area contributed by atoms with Crippen LogP contribution in [-0.2, 0) is 4.79 Å². The largest absolute Gasteiger partial charge is 0.484 e. The minimum absolute atomic E-state index is 0.0798. The van der Waals surface area contributed by atoms with Crippen molar-refractivity contribution in [1.82, 2.24) is 14.8 Å². The maximum Gasteiger partial charge on any atom is 0.264 e. The summed E-state index contributed by atoms with van der Waals surface area (Å²) in [5.41, 5.74) is 1.17. The molecule has 138 valence electrons. The van der Waals surface area contributed by atoms with Crippen LogP contribution in [0.25, 0.3) is 0 Å². The van der Waals surface area contributed by atoms with E-state index in [2.05, 4.69) is 39.8 Å². The zero-order chi connectivity index (χ0) is 18.6. The van der Waals surface area contributed by atoms with E-state index in [1.165, 1.54) is 5.56 Å². The monoisotopic (exact) mass is 363 g/mol. The summed E-state index contributed by atoms with van der Waals surface area (Å²) in [6.45, 7) is 2.01. The summed E-state index contributed by atoms with van der Waals surface area (Å²) in [5, 5.41) is 10.5. The zero-order valence-corrected chi connectivity index (χ0v) is 15.0. The van der Waals surface area contributed by atoms with E-state index in [9.17, 15) is 4.79 Å². The van der Waals surface area contributed by atoms with Gasteiger partial charge < -0.3 is 10.1 Å². The van der Waals surface area contributed by atoms with E-state index in [0.717, 1.165) is 6.42 Å². The molecule has 0 bridgehead atoms. The van der Waals surface area contributed by atoms with Gasteiger partial charge in [0.15, 0.2) is 6.61 Å². The number of hydrogen-bond donors (Lipinski definition) is 2. The number of hydrogen-bond acceptors (Lipinski definition) is 5. The molecule has 3 aromatic rings. The number of carbonyl (C=O) groups excluding carboxylic acids is 1. The second-order valence-corrected chi connectivity index (χ2v) is 6.56. The van der Waals surface area contributed by atoms with Gasteiger partial charge in [-0.25, -0.2) is 4.68 Å². The summed E-state index contributed by atoms with van der Waals surface area (Å²) in [5.74, 6) is 1.27. The first-order valence-electron chi connectivity index (χ1n) is 8.95. The molecule has 2 unspecified atom stereocenters.